The lowest BCUT2D eigenvalue weighted by Gasteiger charge is -2.18. The lowest BCUT2D eigenvalue weighted by molar-refractivity contribution is 0.663. The van der Waals surface area contributed by atoms with E-state index in [-0.39, 0.29) is 0 Å². The Balaban J connectivity index is 1.77. The highest BCUT2D eigenvalue weighted by molar-refractivity contribution is 7.10. The maximum Gasteiger partial charge on any atom is 0.133 e. The molecule has 100 valence electrons. The van der Waals surface area contributed by atoms with Crippen molar-refractivity contribution >= 4 is 17.2 Å². The molecule has 2 aromatic heterocycles. The Bertz CT molecular complexity index is 562. The maximum atomic E-state index is 4.43. The van der Waals surface area contributed by atoms with Gasteiger partial charge < -0.3 is 5.32 Å². The molecule has 0 spiro atoms. The third-order valence-corrected chi connectivity index (χ3v) is 4.72. The fraction of sp³-hybridized carbons (Fsp3) is 0.467. The molecule has 0 amide bonds. The third-order valence-electron chi connectivity index (χ3n) is 3.76. The van der Waals surface area contributed by atoms with Gasteiger partial charge in [0.05, 0.1) is 6.54 Å². The van der Waals surface area contributed by atoms with Crippen molar-refractivity contribution in [1.29, 1.82) is 0 Å². The van der Waals surface area contributed by atoms with E-state index in [1.807, 2.05) is 11.3 Å². The Kier molecular flexibility index (Phi) is 3.78. The van der Waals surface area contributed by atoms with E-state index in [2.05, 4.69) is 33.7 Å². The van der Waals surface area contributed by atoms with Crippen LogP contribution in [0.4, 0.5) is 5.82 Å². The van der Waals surface area contributed by atoms with E-state index >= 15 is 0 Å². The lowest BCUT2D eigenvalue weighted by Crippen LogP contribution is -2.12. The number of aryl methyl sites for hydroxylation is 2. The SMILES string of the molecule is CCc1ccsc1CNc1ncnc2c1CCCC2. The van der Waals surface area contributed by atoms with Crippen LogP contribution in [0.1, 0.15) is 41.5 Å². The summed E-state index contributed by atoms with van der Waals surface area (Å²) in [6.45, 7) is 3.09. The van der Waals surface area contributed by atoms with E-state index in [1.54, 1.807) is 6.33 Å². The number of hydrogen-bond acceptors (Lipinski definition) is 4. The molecule has 1 N–H and O–H groups in total. The zero-order chi connectivity index (χ0) is 13.1. The standard InChI is InChI=1S/C15H19N3S/c1-2-11-7-8-19-14(11)9-16-15-12-5-3-4-6-13(12)17-10-18-15/h7-8,10H,2-6,9H2,1H3,(H,16,17,18). The molecule has 0 fully saturated rings. The minimum Gasteiger partial charge on any atom is -0.365 e. The first-order valence-corrected chi connectivity index (χ1v) is 7.88. The summed E-state index contributed by atoms with van der Waals surface area (Å²) in [5, 5.41) is 5.68. The van der Waals surface area contributed by atoms with Crippen LogP contribution >= 0.6 is 11.3 Å². The van der Waals surface area contributed by atoms with Crippen molar-refractivity contribution < 1.29 is 0 Å². The van der Waals surface area contributed by atoms with Crippen LogP contribution in [0, 0.1) is 0 Å². The Hall–Kier alpha value is -1.42. The molecule has 0 bridgehead atoms. The number of fused-ring (bicyclic) bond motifs is 1. The zero-order valence-corrected chi connectivity index (χ0v) is 12.1. The molecule has 0 radical (unpaired) electrons. The fourth-order valence-corrected chi connectivity index (χ4v) is 3.59. The predicted molar refractivity (Wildman–Crippen MR) is 79.7 cm³/mol. The van der Waals surface area contributed by atoms with Crippen molar-refractivity contribution in [2.45, 2.75) is 45.6 Å². The summed E-state index contributed by atoms with van der Waals surface area (Å²) in [7, 11) is 0. The van der Waals surface area contributed by atoms with Gasteiger partial charge in [-0.2, -0.15) is 0 Å². The quantitative estimate of drug-likeness (QED) is 0.925. The molecule has 1 aliphatic rings. The fourth-order valence-electron chi connectivity index (χ4n) is 2.67. The second-order valence-electron chi connectivity index (χ2n) is 4.93. The van der Waals surface area contributed by atoms with Crippen LogP contribution < -0.4 is 5.32 Å². The van der Waals surface area contributed by atoms with E-state index < -0.39 is 0 Å². The highest BCUT2D eigenvalue weighted by atomic mass is 32.1. The summed E-state index contributed by atoms with van der Waals surface area (Å²) in [4.78, 5) is 10.3. The Labute approximate surface area is 118 Å². The molecule has 2 heterocycles. The molecular formula is C15H19N3S. The molecule has 3 nitrogen and oxygen atoms in total. The van der Waals surface area contributed by atoms with Crippen molar-refractivity contribution in [3.05, 3.63) is 39.5 Å². The van der Waals surface area contributed by atoms with Crippen LogP contribution in [0.15, 0.2) is 17.8 Å². The molecule has 0 aromatic carbocycles. The lowest BCUT2D eigenvalue weighted by atomic mass is 9.96. The van der Waals surface area contributed by atoms with Gasteiger partial charge in [-0.3, -0.25) is 0 Å². The van der Waals surface area contributed by atoms with Crippen molar-refractivity contribution in [2.24, 2.45) is 0 Å². The summed E-state index contributed by atoms with van der Waals surface area (Å²) in [6.07, 6.45) is 7.53. The van der Waals surface area contributed by atoms with Gasteiger partial charge in [-0.1, -0.05) is 6.92 Å². The summed E-state index contributed by atoms with van der Waals surface area (Å²) < 4.78 is 0. The first-order chi connectivity index (χ1) is 9.38. The van der Waals surface area contributed by atoms with Crippen LogP contribution in [-0.2, 0) is 25.8 Å². The summed E-state index contributed by atoms with van der Waals surface area (Å²) in [5.41, 5.74) is 4.02. The molecular weight excluding hydrogens is 254 g/mol. The van der Waals surface area contributed by atoms with Crippen molar-refractivity contribution in [3.63, 3.8) is 0 Å². The molecule has 1 aliphatic carbocycles. The topological polar surface area (TPSA) is 37.8 Å². The van der Waals surface area contributed by atoms with Gasteiger partial charge >= 0.3 is 0 Å². The molecule has 0 aliphatic heterocycles. The summed E-state index contributed by atoms with van der Waals surface area (Å²) >= 11 is 1.82. The number of nitrogens with one attached hydrogen (secondary N) is 1. The van der Waals surface area contributed by atoms with Crippen molar-refractivity contribution in [3.8, 4) is 0 Å². The van der Waals surface area contributed by atoms with E-state index in [0.717, 1.165) is 31.6 Å². The van der Waals surface area contributed by atoms with Crippen molar-refractivity contribution in [2.75, 3.05) is 5.32 Å². The molecule has 4 heteroatoms. The average Bonchev–Trinajstić information content (AvgIpc) is 2.92. The third kappa shape index (κ3) is 2.63. The zero-order valence-electron chi connectivity index (χ0n) is 11.3. The first-order valence-electron chi connectivity index (χ1n) is 7.00. The van der Waals surface area contributed by atoms with Gasteiger partial charge in [0.15, 0.2) is 0 Å². The molecule has 0 unspecified atom stereocenters. The van der Waals surface area contributed by atoms with E-state index in [4.69, 9.17) is 0 Å². The van der Waals surface area contributed by atoms with Gasteiger partial charge in [0.25, 0.3) is 0 Å². The van der Waals surface area contributed by atoms with E-state index in [1.165, 1.54) is 34.5 Å². The van der Waals surface area contributed by atoms with Crippen LogP contribution in [0.2, 0.25) is 0 Å². The molecule has 0 saturated carbocycles. The number of thiophene rings is 1. The molecule has 19 heavy (non-hydrogen) atoms. The first kappa shape index (κ1) is 12.6. The Morgan fingerprint density at radius 1 is 1.26 bits per heavy atom. The molecule has 0 saturated heterocycles. The minimum atomic E-state index is 0.879. The monoisotopic (exact) mass is 273 g/mol. The highest BCUT2D eigenvalue weighted by Crippen LogP contribution is 2.25. The highest BCUT2D eigenvalue weighted by Gasteiger charge is 2.15. The van der Waals surface area contributed by atoms with Gasteiger partial charge in [-0.15, -0.1) is 11.3 Å². The van der Waals surface area contributed by atoms with Gasteiger partial charge in [-0.05, 0) is 49.1 Å². The molecule has 3 rings (SSSR count). The smallest absolute Gasteiger partial charge is 0.133 e. The van der Waals surface area contributed by atoms with E-state index in [9.17, 15) is 0 Å². The molecule has 2 aromatic rings. The van der Waals surface area contributed by atoms with Gasteiger partial charge in [0, 0.05) is 16.1 Å². The van der Waals surface area contributed by atoms with Crippen molar-refractivity contribution in [1.82, 2.24) is 9.97 Å². The Morgan fingerprint density at radius 3 is 3.05 bits per heavy atom. The predicted octanol–water partition coefficient (Wildman–Crippen LogP) is 3.59. The number of anilines is 1. The normalized spacial score (nSPS) is 14.2. The maximum absolute atomic E-state index is 4.43. The number of rotatable bonds is 4. The van der Waals surface area contributed by atoms with Gasteiger partial charge in [0.2, 0.25) is 0 Å². The average molecular weight is 273 g/mol. The Morgan fingerprint density at radius 2 is 2.16 bits per heavy atom. The van der Waals surface area contributed by atoms with Crippen LogP contribution in [0.5, 0.6) is 0 Å². The number of nitrogens with zero attached hydrogens (tertiary/aromatic N) is 2. The summed E-state index contributed by atoms with van der Waals surface area (Å²) in [5.74, 6) is 1.04. The second kappa shape index (κ2) is 5.70. The van der Waals surface area contributed by atoms with Crippen LogP contribution in [0.25, 0.3) is 0 Å². The number of aromatic nitrogens is 2. The minimum absolute atomic E-state index is 0.879. The van der Waals surface area contributed by atoms with Gasteiger partial charge in [0.1, 0.15) is 12.1 Å². The van der Waals surface area contributed by atoms with E-state index in [0.29, 0.717) is 0 Å². The summed E-state index contributed by atoms with van der Waals surface area (Å²) in [6, 6.07) is 2.22. The molecule has 0 atom stereocenters. The second-order valence-corrected chi connectivity index (χ2v) is 5.93. The van der Waals surface area contributed by atoms with Crippen LogP contribution in [0.3, 0.4) is 0 Å². The number of hydrogen-bond donors (Lipinski definition) is 1. The largest absolute Gasteiger partial charge is 0.365 e. The van der Waals surface area contributed by atoms with Gasteiger partial charge in [-0.25, -0.2) is 9.97 Å². The van der Waals surface area contributed by atoms with Crippen LogP contribution in [-0.4, -0.2) is 9.97 Å².